The topological polar surface area (TPSA) is 79.9 Å². The van der Waals surface area contributed by atoms with Gasteiger partial charge in [0.25, 0.3) is 0 Å². The first kappa shape index (κ1) is 12.3. The molecule has 0 saturated heterocycles. The van der Waals surface area contributed by atoms with Crippen LogP contribution < -0.4 is 15.9 Å². The highest BCUT2D eigenvalue weighted by molar-refractivity contribution is 7.80. The molecule has 5 nitrogen and oxygen atoms in total. The van der Waals surface area contributed by atoms with Crippen molar-refractivity contribution in [2.24, 2.45) is 10.8 Å². The SMILES string of the molecule is CC(COc1ccccc1O)=NNC(N)=S. The summed E-state index contributed by atoms with van der Waals surface area (Å²) in [6, 6.07) is 6.71. The number of nitrogens with two attached hydrogens (primary N) is 1. The highest BCUT2D eigenvalue weighted by atomic mass is 32.1. The lowest BCUT2D eigenvalue weighted by molar-refractivity contribution is 0.346. The molecule has 0 atom stereocenters. The summed E-state index contributed by atoms with van der Waals surface area (Å²) in [5, 5.41) is 13.4. The molecular weight excluding hydrogens is 226 g/mol. The summed E-state index contributed by atoms with van der Waals surface area (Å²) >= 11 is 4.59. The number of aromatic hydroxyl groups is 1. The van der Waals surface area contributed by atoms with Gasteiger partial charge in [0.05, 0.1) is 5.71 Å². The maximum Gasteiger partial charge on any atom is 0.184 e. The van der Waals surface area contributed by atoms with E-state index in [9.17, 15) is 5.11 Å². The van der Waals surface area contributed by atoms with Crippen molar-refractivity contribution >= 4 is 23.0 Å². The van der Waals surface area contributed by atoms with Gasteiger partial charge in [-0.15, -0.1) is 0 Å². The van der Waals surface area contributed by atoms with Crippen LogP contribution in [0.1, 0.15) is 6.92 Å². The lowest BCUT2D eigenvalue weighted by Crippen LogP contribution is -2.26. The predicted molar refractivity (Wildman–Crippen MR) is 66.6 cm³/mol. The van der Waals surface area contributed by atoms with Crippen LogP contribution in [0, 0.1) is 0 Å². The maximum absolute atomic E-state index is 9.42. The van der Waals surface area contributed by atoms with Crippen molar-refractivity contribution in [2.75, 3.05) is 6.61 Å². The number of phenolic OH excluding ortho intramolecular Hbond substituents is 1. The normalized spacial score (nSPS) is 10.9. The van der Waals surface area contributed by atoms with Crippen molar-refractivity contribution in [3.63, 3.8) is 0 Å². The number of nitrogens with zero attached hydrogens (tertiary/aromatic N) is 1. The van der Waals surface area contributed by atoms with Crippen molar-refractivity contribution < 1.29 is 9.84 Å². The molecule has 0 amide bonds. The third-order valence-electron chi connectivity index (χ3n) is 1.66. The summed E-state index contributed by atoms with van der Waals surface area (Å²) < 4.78 is 5.33. The predicted octanol–water partition coefficient (Wildman–Crippen LogP) is 0.980. The molecule has 0 aliphatic carbocycles. The highest BCUT2D eigenvalue weighted by Gasteiger charge is 2.00. The number of thiocarbonyl (C=S) groups is 1. The van der Waals surface area contributed by atoms with Gasteiger partial charge in [0.15, 0.2) is 16.6 Å². The zero-order valence-corrected chi connectivity index (χ0v) is 9.62. The van der Waals surface area contributed by atoms with Crippen molar-refractivity contribution in [1.82, 2.24) is 5.43 Å². The molecule has 6 heteroatoms. The van der Waals surface area contributed by atoms with Gasteiger partial charge in [-0.1, -0.05) is 12.1 Å². The van der Waals surface area contributed by atoms with E-state index in [4.69, 9.17) is 10.5 Å². The molecule has 0 aliphatic rings. The number of rotatable bonds is 4. The average Bonchev–Trinajstić information content (AvgIpc) is 2.25. The average molecular weight is 239 g/mol. The van der Waals surface area contributed by atoms with Gasteiger partial charge in [-0.05, 0) is 31.3 Å². The highest BCUT2D eigenvalue weighted by Crippen LogP contribution is 2.23. The van der Waals surface area contributed by atoms with E-state index in [1.54, 1.807) is 31.2 Å². The molecule has 0 aliphatic heterocycles. The van der Waals surface area contributed by atoms with Gasteiger partial charge in [-0.25, -0.2) is 0 Å². The van der Waals surface area contributed by atoms with E-state index in [0.29, 0.717) is 11.5 Å². The Bertz CT molecular complexity index is 407. The number of hydrogen-bond acceptors (Lipinski definition) is 4. The summed E-state index contributed by atoms with van der Waals surface area (Å²) in [7, 11) is 0. The second-order valence-corrected chi connectivity index (χ2v) is 3.52. The summed E-state index contributed by atoms with van der Waals surface area (Å²) in [6.07, 6.45) is 0. The molecule has 0 heterocycles. The van der Waals surface area contributed by atoms with Crippen molar-refractivity contribution in [3.05, 3.63) is 24.3 Å². The Kier molecular flexibility index (Phi) is 4.53. The molecule has 1 aromatic carbocycles. The standard InChI is InChI=1S/C10H13N3O2S/c1-7(12-13-10(11)16)6-15-9-5-3-2-4-8(9)14/h2-5,14H,6H2,1H3,(H3,11,13,16). The van der Waals surface area contributed by atoms with Crippen LogP contribution in [0.2, 0.25) is 0 Å². The van der Waals surface area contributed by atoms with E-state index in [1.165, 1.54) is 0 Å². The van der Waals surface area contributed by atoms with Crippen LogP contribution >= 0.6 is 12.2 Å². The molecule has 1 rings (SSSR count). The molecule has 16 heavy (non-hydrogen) atoms. The van der Waals surface area contributed by atoms with E-state index in [2.05, 4.69) is 22.7 Å². The van der Waals surface area contributed by atoms with Gasteiger partial charge in [0.1, 0.15) is 6.61 Å². The number of ether oxygens (including phenoxy) is 1. The molecule has 0 spiro atoms. The van der Waals surface area contributed by atoms with E-state index < -0.39 is 0 Å². The van der Waals surface area contributed by atoms with Gasteiger partial charge in [0.2, 0.25) is 0 Å². The lowest BCUT2D eigenvalue weighted by Gasteiger charge is -2.07. The maximum atomic E-state index is 9.42. The molecule has 0 bridgehead atoms. The number of para-hydroxylation sites is 2. The minimum atomic E-state index is 0.0950. The summed E-state index contributed by atoms with van der Waals surface area (Å²) in [4.78, 5) is 0. The Hall–Kier alpha value is -1.82. The van der Waals surface area contributed by atoms with E-state index >= 15 is 0 Å². The summed E-state index contributed by atoms with van der Waals surface area (Å²) in [5.74, 6) is 0.505. The molecule has 1 aromatic rings. The van der Waals surface area contributed by atoms with E-state index in [0.717, 1.165) is 0 Å². The molecular formula is C10H13N3O2S. The number of hydrazone groups is 1. The fourth-order valence-electron chi connectivity index (χ4n) is 0.944. The minimum absolute atomic E-state index is 0.0950. The smallest absolute Gasteiger partial charge is 0.184 e. The summed E-state index contributed by atoms with van der Waals surface area (Å²) in [6.45, 7) is 2.00. The third-order valence-corrected chi connectivity index (χ3v) is 1.75. The second kappa shape index (κ2) is 5.92. The van der Waals surface area contributed by atoms with Crippen LogP contribution in [0.15, 0.2) is 29.4 Å². The van der Waals surface area contributed by atoms with Crippen molar-refractivity contribution in [2.45, 2.75) is 6.92 Å². The van der Waals surface area contributed by atoms with Gasteiger partial charge < -0.3 is 15.6 Å². The zero-order valence-electron chi connectivity index (χ0n) is 8.80. The zero-order chi connectivity index (χ0) is 12.0. The third kappa shape index (κ3) is 4.14. The Morgan fingerprint density at radius 3 is 2.88 bits per heavy atom. The Morgan fingerprint density at radius 1 is 1.56 bits per heavy atom. The van der Waals surface area contributed by atoms with Crippen LogP contribution in [0.5, 0.6) is 11.5 Å². The first-order valence-corrected chi connectivity index (χ1v) is 5.00. The number of nitrogens with one attached hydrogen (secondary N) is 1. The largest absolute Gasteiger partial charge is 0.504 e. The number of phenols is 1. The number of hydrogen-bond donors (Lipinski definition) is 3. The van der Waals surface area contributed by atoms with Crippen molar-refractivity contribution in [1.29, 1.82) is 0 Å². The molecule has 0 saturated carbocycles. The second-order valence-electron chi connectivity index (χ2n) is 3.08. The minimum Gasteiger partial charge on any atom is -0.504 e. The summed E-state index contributed by atoms with van der Waals surface area (Å²) in [5.41, 5.74) is 8.32. The Morgan fingerprint density at radius 2 is 2.25 bits per heavy atom. The van der Waals surface area contributed by atoms with Crippen LogP contribution in [0.25, 0.3) is 0 Å². The van der Waals surface area contributed by atoms with Crippen molar-refractivity contribution in [3.8, 4) is 11.5 Å². The van der Waals surface area contributed by atoms with Gasteiger partial charge in [0, 0.05) is 0 Å². The van der Waals surface area contributed by atoms with Crippen LogP contribution in [-0.2, 0) is 0 Å². The number of benzene rings is 1. The fraction of sp³-hybridized carbons (Fsp3) is 0.200. The Balaban J connectivity index is 2.49. The van der Waals surface area contributed by atoms with Crippen LogP contribution in [-0.4, -0.2) is 22.5 Å². The molecule has 0 radical (unpaired) electrons. The van der Waals surface area contributed by atoms with Gasteiger partial charge in [-0.3, -0.25) is 5.43 Å². The Labute approximate surface area is 98.9 Å². The molecule has 0 fully saturated rings. The van der Waals surface area contributed by atoms with Crippen LogP contribution in [0.3, 0.4) is 0 Å². The monoisotopic (exact) mass is 239 g/mol. The van der Waals surface area contributed by atoms with Crippen LogP contribution in [0.4, 0.5) is 0 Å². The fourth-order valence-corrected chi connectivity index (χ4v) is 0.990. The van der Waals surface area contributed by atoms with Gasteiger partial charge >= 0.3 is 0 Å². The van der Waals surface area contributed by atoms with E-state index in [1.807, 2.05) is 0 Å². The molecule has 0 aromatic heterocycles. The van der Waals surface area contributed by atoms with Gasteiger partial charge in [-0.2, -0.15) is 5.10 Å². The lowest BCUT2D eigenvalue weighted by atomic mass is 10.3. The molecule has 86 valence electrons. The van der Waals surface area contributed by atoms with E-state index in [-0.39, 0.29) is 17.5 Å². The first-order valence-electron chi connectivity index (χ1n) is 4.59. The molecule has 4 N–H and O–H groups in total. The molecule has 0 unspecified atom stereocenters. The quantitative estimate of drug-likeness (QED) is 0.414. The first-order chi connectivity index (χ1) is 7.59.